The molecule has 0 bridgehead atoms. The largest absolute Gasteiger partial charge is 0.497 e. The van der Waals surface area contributed by atoms with Gasteiger partial charge < -0.3 is 20.5 Å². The molecule has 3 N–H and O–H groups in total. The van der Waals surface area contributed by atoms with E-state index >= 15 is 0 Å². The Balaban J connectivity index is 0.00000484. The molecule has 0 heterocycles. The third-order valence-electron chi connectivity index (χ3n) is 4.11. The number of carbonyl (C=O) groups is 1. The molecule has 0 spiro atoms. The maximum Gasteiger partial charge on any atom is 0.249 e. The lowest BCUT2D eigenvalue weighted by molar-refractivity contribution is -0.134. The maximum atomic E-state index is 12.2. The van der Waals surface area contributed by atoms with Crippen LogP contribution in [-0.2, 0) is 16.1 Å². The van der Waals surface area contributed by atoms with Crippen LogP contribution in [-0.4, -0.2) is 31.2 Å². The number of nitrogens with two attached hydrogens (primary N) is 1. The second-order valence-corrected chi connectivity index (χ2v) is 6.07. The van der Waals surface area contributed by atoms with Gasteiger partial charge in [0.15, 0.2) is 0 Å². The molecule has 0 saturated heterocycles. The summed E-state index contributed by atoms with van der Waals surface area (Å²) in [6, 6.07) is 7.59. The number of amides is 1. The molecule has 0 fully saturated rings. The minimum absolute atomic E-state index is 0. The van der Waals surface area contributed by atoms with Gasteiger partial charge in [0.25, 0.3) is 0 Å². The van der Waals surface area contributed by atoms with Crippen LogP contribution in [0.25, 0.3) is 0 Å². The zero-order chi connectivity index (χ0) is 16.8. The summed E-state index contributed by atoms with van der Waals surface area (Å²) in [4.78, 5) is 12.2. The molecule has 132 valence electrons. The lowest BCUT2D eigenvalue weighted by Crippen LogP contribution is -2.57. The van der Waals surface area contributed by atoms with Crippen molar-refractivity contribution in [1.29, 1.82) is 0 Å². The highest BCUT2D eigenvalue weighted by Gasteiger charge is 2.30. The van der Waals surface area contributed by atoms with E-state index in [1.807, 2.05) is 45.0 Å². The number of rotatable bonds is 8. The fourth-order valence-corrected chi connectivity index (χ4v) is 1.87. The van der Waals surface area contributed by atoms with Crippen LogP contribution in [0.1, 0.15) is 33.3 Å². The van der Waals surface area contributed by atoms with E-state index in [4.69, 9.17) is 15.2 Å². The summed E-state index contributed by atoms with van der Waals surface area (Å²) < 4.78 is 10.8. The molecular formula is C17H29ClN2O3. The number of benzene rings is 1. The average molecular weight is 345 g/mol. The van der Waals surface area contributed by atoms with Crippen molar-refractivity contribution < 1.29 is 14.3 Å². The van der Waals surface area contributed by atoms with Gasteiger partial charge in [0, 0.05) is 6.54 Å². The van der Waals surface area contributed by atoms with Gasteiger partial charge in [-0.2, -0.15) is 0 Å². The SMILES string of the molecule is COc1cccc(COC(C)C(=O)NC(C)(CN)C(C)C)c1.Cl. The highest BCUT2D eigenvalue weighted by atomic mass is 35.5. The first-order valence-electron chi connectivity index (χ1n) is 7.59. The Morgan fingerprint density at radius 2 is 2.00 bits per heavy atom. The topological polar surface area (TPSA) is 73.6 Å². The van der Waals surface area contributed by atoms with Crippen LogP contribution in [0.4, 0.5) is 0 Å². The predicted octanol–water partition coefficient (Wildman–Crippen LogP) is 2.51. The number of ether oxygens (including phenoxy) is 2. The van der Waals surface area contributed by atoms with Crippen molar-refractivity contribution >= 4 is 18.3 Å². The summed E-state index contributed by atoms with van der Waals surface area (Å²) in [6.45, 7) is 8.51. The van der Waals surface area contributed by atoms with Gasteiger partial charge in [0.1, 0.15) is 11.9 Å². The lowest BCUT2D eigenvalue weighted by Gasteiger charge is -2.34. The van der Waals surface area contributed by atoms with Gasteiger partial charge in [-0.15, -0.1) is 12.4 Å². The van der Waals surface area contributed by atoms with E-state index < -0.39 is 11.6 Å². The first-order valence-corrected chi connectivity index (χ1v) is 7.59. The molecule has 0 saturated carbocycles. The Labute approximate surface area is 145 Å². The highest BCUT2D eigenvalue weighted by molar-refractivity contribution is 5.85. The Morgan fingerprint density at radius 1 is 1.35 bits per heavy atom. The number of nitrogens with one attached hydrogen (secondary N) is 1. The van der Waals surface area contributed by atoms with Crippen LogP contribution in [0, 0.1) is 5.92 Å². The molecule has 6 heteroatoms. The molecule has 2 atom stereocenters. The monoisotopic (exact) mass is 344 g/mol. The van der Waals surface area contributed by atoms with Gasteiger partial charge in [-0.05, 0) is 37.5 Å². The molecule has 1 aromatic carbocycles. The highest BCUT2D eigenvalue weighted by Crippen LogP contribution is 2.16. The van der Waals surface area contributed by atoms with E-state index in [0.29, 0.717) is 13.2 Å². The normalized spacial score (nSPS) is 14.6. The Hall–Kier alpha value is -1.30. The van der Waals surface area contributed by atoms with Crippen LogP contribution in [0.2, 0.25) is 0 Å². The van der Waals surface area contributed by atoms with E-state index in [0.717, 1.165) is 11.3 Å². The summed E-state index contributed by atoms with van der Waals surface area (Å²) in [5.74, 6) is 0.866. The summed E-state index contributed by atoms with van der Waals surface area (Å²) in [7, 11) is 1.62. The van der Waals surface area contributed by atoms with Crippen LogP contribution in [0.15, 0.2) is 24.3 Å². The molecule has 1 amide bonds. The fourth-order valence-electron chi connectivity index (χ4n) is 1.87. The number of carbonyl (C=O) groups excluding carboxylic acids is 1. The van der Waals surface area contributed by atoms with Crippen LogP contribution >= 0.6 is 12.4 Å². The summed E-state index contributed by atoms with van der Waals surface area (Å²) in [5.41, 5.74) is 6.32. The van der Waals surface area contributed by atoms with Crippen molar-refractivity contribution in [2.75, 3.05) is 13.7 Å². The molecular weight excluding hydrogens is 316 g/mol. The van der Waals surface area contributed by atoms with Crippen molar-refractivity contribution in [3.63, 3.8) is 0 Å². The summed E-state index contributed by atoms with van der Waals surface area (Å²) >= 11 is 0. The number of methoxy groups -OCH3 is 1. The average Bonchev–Trinajstić information content (AvgIpc) is 2.52. The second-order valence-electron chi connectivity index (χ2n) is 6.07. The molecule has 23 heavy (non-hydrogen) atoms. The van der Waals surface area contributed by atoms with Crippen molar-refractivity contribution in [2.24, 2.45) is 11.7 Å². The molecule has 0 aliphatic heterocycles. The molecule has 2 unspecified atom stereocenters. The van der Waals surface area contributed by atoms with Gasteiger partial charge in [0.05, 0.1) is 19.3 Å². The zero-order valence-corrected chi connectivity index (χ0v) is 15.4. The molecule has 0 radical (unpaired) electrons. The van der Waals surface area contributed by atoms with Gasteiger partial charge in [0.2, 0.25) is 5.91 Å². The molecule has 0 aliphatic rings. The van der Waals surface area contributed by atoms with Crippen molar-refractivity contribution in [2.45, 2.75) is 45.9 Å². The molecule has 0 aromatic heterocycles. The first-order chi connectivity index (χ1) is 10.3. The van der Waals surface area contributed by atoms with E-state index in [1.165, 1.54) is 0 Å². The number of hydrogen-bond acceptors (Lipinski definition) is 4. The minimum Gasteiger partial charge on any atom is -0.497 e. The lowest BCUT2D eigenvalue weighted by atomic mass is 9.88. The summed E-state index contributed by atoms with van der Waals surface area (Å²) in [6.07, 6.45) is -0.546. The Morgan fingerprint density at radius 3 is 2.52 bits per heavy atom. The predicted molar refractivity (Wildman–Crippen MR) is 94.9 cm³/mol. The number of halogens is 1. The first kappa shape index (κ1) is 21.7. The minimum atomic E-state index is -0.546. The quantitative estimate of drug-likeness (QED) is 0.760. The second kappa shape index (κ2) is 9.75. The van der Waals surface area contributed by atoms with Gasteiger partial charge in [-0.3, -0.25) is 4.79 Å². The summed E-state index contributed by atoms with van der Waals surface area (Å²) in [5, 5.41) is 2.99. The Bertz CT molecular complexity index is 496. The third-order valence-corrected chi connectivity index (χ3v) is 4.11. The van der Waals surface area contributed by atoms with E-state index in [1.54, 1.807) is 14.0 Å². The Kier molecular flexibility index (Phi) is 9.20. The molecule has 0 aliphatic carbocycles. The van der Waals surface area contributed by atoms with E-state index in [-0.39, 0.29) is 24.2 Å². The zero-order valence-electron chi connectivity index (χ0n) is 14.6. The van der Waals surface area contributed by atoms with Crippen LogP contribution in [0.3, 0.4) is 0 Å². The third kappa shape index (κ3) is 6.37. The van der Waals surface area contributed by atoms with Crippen LogP contribution < -0.4 is 15.8 Å². The van der Waals surface area contributed by atoms with E-state index in [9.17, 15) is 4.79 Å². The van der Waals surface area contributed by atoms with Crippen molar-refractivity contribution in [1.82, 2.24) is 5.32 Å². The molecule has 5 nitrogen and oxygen atoms in total. The van der Waals surface area contributed by atoms with Gasteiger partial charge in [-0.1, -0.05) is 26.0 Å². The van der Waals surface area contributed by atoms with Gasteiger partial charge in [-0.25, -0.2) is 0 Å². The number of hydrogen-bond donors (Lipinski definition) is 2. The standard InChI is InChI=1S/C17H28N2O3.ClH/c1-12(2)17(4,11-18)19-16(20)13(3)22-10-14-7-6-8-15(9-14)21-5;/h6-9,12-13H,10-11,18H2,1-5H3,(H,19,20);1H. The maximum absolute atomic E-state index is 12.2. The van der Waals surface area contributed by atoms with E-state index in [2.05, 4.69) is 5.32 Å². The molecule has 1 aromatic rings. The van der Waals surface area contributed by atoms with Gasteiger partial charge >= 0.3 is 0 Å². The smallest absolute Gasteiger partial charge is 0.249 e. The van der Waals surface area contributed by atoms with Crippen molar-refractivity contribution in [3.05, 3.63) is 29.8 Å². The van der Waals surface area contributed by atoms with Crippen molar-refractivity contribution in [3.8, 4) is 5.75 Å². The molecule has 1 rings (SSSR count). The van der Waals surface area contributed by atoms with Crippen LogP contribution in [0.5, 0.6) is 5.75 Å². The fraction of sp³-hybridized carbons (Fsp3) is 0.588.